The number of imidazole rings is 1. The van der Waals surface area contributed by atoms with Crippen molar-refractivity contribution in [3.63, 3.8) is 0 Å². The number of benzene rings is 2. The molecular formula is C30H30N8O. The minimum atomic E-state index is 0.264. The van der Waals surface area contributed by atoms with E-state index < -0.39 is 0 Å². The fourth-order valence-electron chi connectivity index (χ4n) is 6.02. The summed E-state index contributed by atoms with van der Waals surface area (Å²) in [6.45, 7) is 4.72. The number of nitriles is 1. The summed E-state index contributed by atoms with van der Waals surface area (Å²) in [6, 6.07) is 18.4. The number of hydrogen-bond acceptors (Lipinski definition) is 7. The van der Waals surface area contributed by atoms with Crippen LogP contribution in [0.2, 0.25) is 0 Å². The molecule has 0 bridgehead atoms. The maximum Gasteiger partial charge on any atom is 0.237 e. The van der Waals surface area contributed by atoms with Gasteiger partial charge in [-0.2, -0.15) is 10.4 Å². The highest BCUT2D eigenvalue weighted by Gasteiger charge is 2.26. The van der Waals surface area contributed by atoms with Crippen LogP contribution in [0.1, 0.15) is 37.7 Å². The monoisotopic (exact) mass is 518 g/mol. The molecule has 0 atom stereocenters. The molecule has 5 aromatic rings. The number of aromatic amines is 2. The van der Waals surface area contributed by atoms with Crippen molar-refractivity contribution in [1.29, 1.82) is 5.26 Å². The van der Waals surface area contributed by atoms with E-state index in [0.29, 0.717) is 17.1 Å². The van der Waals surface area contributed by atoms with Crippen molar-refractivity contribution >= 4 is 27.6 Å². The van der Waals surface area contributed by atoms with Crippen LogP contribution in [0.5, 0.6) is 11.6 Å². The van der Waals surface area contributed by atoms with Crippen molar-refractivity contribution in [2.75, 3.05) is 31.1 Å². The van der Waals surface area contributed by atoms with Crippen molar-refractivity contribution in [2.45, 2.75) is 38.1 Å². The molecule has 3 aromatic heterocycles. The molecule has 0 aliphatic carbocycles. The molecule has 9 nitrogen and oxygen atoms in total. The van der Waals surface area contributed by atoms with Crippen LogP contribution in [-0.2, 0) is 0 Å². The molecule has 0 spiro atoms. The zero-order valence-corrected chi connectivity index (χ0v) is 21.7. The Bertz CT molecular complexity index is 1670. The average molecular weight is 519 g/mol. The van der Waals surface area contributed by atoms with Gasteiger partial charge in [-0.1, -0.05) is 18.6 Å². The zero-order valence-electron chi connectivity index (χ0n) is 21.7. The standard InChI is InChI=1S/C30H30N8O/c31-19-20-6-5-13-32-30(20)39-26-8-4-7-23-27(26)35-36-28(23)29-33-24-10-9-22(18-25(24)34-29)38-16-11-21(12-17-38)37-14-2-1-3-15-37/h4-10,13,18,21H,1-3,11-12,14-17H2,(H,33,34)(H,35,36). The number of nitrogens with zero attached hydrogens (tertiary/aromatic N) is 6. The van der Waals surface area contributed by atoms with E-state index >= 15 is 0 Å². The van der Waals surface area contributed by atoms with Gasteiger partial charge in [0.2, 0.25) is 5.88 Å². The number of anilines is 1. The fourth-order valence-corrected chi connectivity index (χ4v) is 6.02. The molecule has 2 fully saturated rings. The second-order valence-corrected chi connectivity index (χ2v) is 10.4. The third-order valence-corrected chi connectivity index (χ3v) is 8.09. The highest BCUT2D eigenvalue weighted by Crippen LogP contribution is 2.34. The lowest BCUT2D eigenvalue weighted by Crippen LogP contribution is -2.46. The molecule has 0 amide bonds. The van der Waals surface area contributed by atoms with Crippen LogP contribution < -0.4 is 9.64 Å². The molecule has 0 radical (unpaired) electrons. The van der Waals surface area contributed by atoms with Crippen molar-refractivity contribution in [3.8, 4) is 29.2 Å². The van der Waals surface area contributed by atoms with Crippen LogP contribution >= 0.6 is 0 Å². The molecule has 0 unspecified atom stereocenters. The quantitative estimate of drug-likeness (QED) is 0.311. The molecule has 5 heterocycles. The second kappa shape index (κ2) is 10.0. The van der Waals surface area contributed by atoms with E-state index in [1.165, 1.54) is 50.9 Å². The summed E-state index contributed by atoms with van der Waals surface area (Å²) in [6.07, 6.45) is 8.15. The number of rotatable bonds is 5. The van der Waals surface area contributed by atoms with Gasteiger partial charge in [0.15, 0.2) is 11.6 Å². The Hall–Kier alpha value is -4.42. The van der Waals surface area contributed by atoms with Crippen LogP contribution in [0.3, 0.4) is 0 Å². The Morgan fingerprint density at radius 2 is 1.85 bits per heavy atom. The summed E-state index contributed by atoms with van der Waals surface area (Å²) < 4.78 is 6.01. The maximum absolute atomic E-state index is 9.39. The molecule has 7 rings (SSSR count). The number of para-hydroxylation sites is 1. The third-order valence-electron chi connectivity index (χ3n) is 8.09. The van der Waals surface area contributed by atoms with Crippen LogP contribution in [0.15, 0.2) is 54.7 Å². The highest BCUT2D eigenvalue weighted by molar-refractivity contribution is 5.96. The number of H-pyrrole nitrogens is 2. The van der Waals surface area contributed by atoms with E-state index in [2.05, 4.69) is 54.2 Å². The maximum atomic E-state index is 9.39. The number of nitrogens with one attached hydrogen (secondary N) is 2. The van der Waals surface area contributed by atoms with Gasteiger partial charge in [0.25, 0.3) is 0 Å². The lowest BCUT2D eigenvalue weighted by atomic mass is 9.99. The SMILES string of the molecule is N#Cc1cccnc1Oc1cccc2c(-c3nc4ccc(N5CCC(N6CCCCC6)CC5)cc4[nH]3)n[nH]c12. The van der Waals surface area contributed by atoms with Gasteiger partial charge in [0, 0.05) is 36.4 Å². The molecule has 39 heavy (non-hydrogen) atoms. The van der Waals surface area contributed by atoms with Crippen molar-refractivity contribution in [1.82, 2.24) is 30.0 Å². The van der Waals surface area contributed by atoms with E-state index in [9.17, 15) is 5.26 Å². The van der Waals surface area contributed by atoms with Crippen LogP contribution in [0.4, 0.5) is 5.69 Å². The molecule has 2 aromatic carbocycles. The molecule has 2 saturated heterocycles. The number of hydrogen-bond donors (Lipinski definition) is 2. The Morgan fingerprint density at radius 1 is 0.974 bits per heavy atom. The first-order valence-electron chi connectivity index (χ1n) is 13.8. The largest absolute Gasteiger partial charge is 0.435 e. The molecule has 2 N–H and O–H groups in total. The molecule has 0 saturated carbocycles. The predicted molar refractivity (Wildman–Crippen MR) is 151 cm³/mol. The highest BCUT2D eigenvalue weighted by atomic mass is 16.5. The number of aromatic nitrogens is 5. The van der Waals surface area contributed by atoms with Crippen molar-refractivity contribution in [2.24, 2.45) is 0 Å². The Balaban J connectivity index is 1.13. The van der Waals surface area contributed by atoms with E-state index in [4.69, 9.17) is 9.72 Å². The minimum absolute atomic E-state index is 0.264. The summed E-state index contributed by atoms with van der Waals surface area (Å²) in [7, 11) is 0. The third kappa shape index (κ3) is 4.47. The summed E-state index contributed by atoms with van der Waals surface area (Å²) >= 11 is 0. The molecular weight excluding hydrogens is 488 g/mol. The van der Waals surface area contributed by atoms with Gasteiger partial charge in [0.1, 0.15) is 22.8 Å². The lowest BCUT2D eigenvalue weighted by Gasteiger charge is -2.41. The molecule has 196 valence electrons. The Morgan fingerprint density at radius 3 is 2.69 bits per heavy atom. The van der Waals surface area contributed by atoms with E-state index in [1.807, 2.05) is 18.2 Å². The zero-order chi connectivity index (χ0) is 26.2. The number of ether oxygens (including phenoxy) is 1. The number of piperidine rings is 2. The molecule has 9 heteroatoms. The molecule has 2 aliphatic heterocycles. The minimum Gasteiger partial charge on any atom is -0.435 e. The summed E-state index contributed by atoms with van der Waals surface area (Å²) in [5, 5.41) is 17.9. The number of likely N-dealkylation sites (tertiary alicyclic amines) is 1. The van der Waals surface area contributed by atoms with E-state index in [1.54, 1.807) is 18.3 Å². The van der Waals surface area contributed by atoms with Crippen molar-refractivity contribution < 1.29 is 4.74 Å². The van der Waals surface area contributed by atoms with Gasteiger partial charge in [-0.05, 0) is 75.2 Å². The number of fused-ring (bicyclic) bond motifs is 2. The Labute approximate surface area is 226 Å². The first-order valence-corrected chi connectivity index (χ1v) is 13.8. The van der Waals surface area contributed by atoms with Crippen molar-refractivity contribution in [3.05, 3.63) is 60.3 Å². The first-order chi connectivity index (χ1) is 19.3. The van der Waals surface area contributed by atoms with E-state index in [-0.39, 0.29) is 5.88 Å². The van der Waals surface area contributed by atoms with Crippen LogP contribution in [0, 0.1) is 11.3 Å². The van der Waals surface area contributed by atoms with Gasteiger partial charge < -0.3 is 19.5 Å². The molecule has 2 aliphatic rings. The number of pyridine rings is 1. The van der Waals surface area contributed by atoms with Gasteiger partial charge in [-0.3, -0.25) is 5.10 Å². The summed E-state index contributed by atoms with van der Waals surface area (Å²) in [5.74, 6) is 1.51. The van der Waals surface area contributed by atoms with Gasteiger partial charge >= 0.3 is 0 Å². The Kier molecular flexibility index (Phi) is 6.10. The second-order valence-electron chi connectivity index (χ2n) is 10.4. The summed E-state index contributed by atoms with van der Waals surface area (Å²) in [4.78, 5) is 17.8. The van der Waals surface area contributed by atoms with Gasteiger partial charge in [-0.25, -0.2) is 9.97 Å². The smallest absolute Gasteiger partial charge is 0.237 e. The first kappa shape index (κ1) is 23.7. The van der Waals surface area contributed by atoms with E-state index in [0.717, 1.165) is 46.8 Å². The van der Waals surface area contributed by atoms with Gasteiger partial charge in [-0.15, -0.1) is 0 Å². The lowest BCUT2D eigenvalue weighted by molar-refractivity contribution is 0.141. The van der Waals surface area contributed by atoms with Crippen LogP contribution in [0.25, 0.3) is 33.5 Å². The average Bonchev–Trinajstić information content (AvgIpc) is 3.62. The topological polar surface area (TPSA) is 110 Å². The van der Waals surface area contributed by atoms with Gasteiger partial charge in [0.05, 0.1) is 11.0 Å². The normalized spacial score (nSPS) is 17.1. The van der Waals surface area contributed by atoms with Crippen LogP contribution in [-0.4, -0.2) is 62.3 Å². The predicted octanol–water partition coefficient (Wildman–Crippen LogP) is 5.62. The summed E-state index contributed by atoms with van der Waals surface area (Å²) in [5.41, 5.74) is 4.96. The fraction of sp³-hybridized carbons (Fsp3) is 0.333.